The number of nitrogens with two attached hydrogens (primary N) is 1. The second-order valence-electron chi connectivity index (χ2n) is 4.57. The summed E-state index contributed by atoms with van der Waals surface area (Å²) in [7, 11) is 0. The molecule has 2 rings (SSSR count). The van der Waals surface area contributed by atoms with Gasteiger partial charge in [0.25, 0.3) is 0 Å². The SMILES string of the molecule is C[C@@H](NC(=O)C1(N)CCCC1)c1cccs1. The quantitative estimate of drug-likeness (QED) is 0.848. The van der Waals surface area contributed by atoms with Crippen molar-refractivity contribution in [3.63, 3.8) is 0 Å². The van der Waals surface area contributed by atoms with Gasteiger partial charge in [0.05, 0.1) is 11.6 Å². The fraction of sp³-hybridized carbons (Fsp3) is 0.583. The van der Waals surface area contributed by atoms with E-state index >= 15 is 0 Å². The second kappa shape index (κ2) is 4.55. The maximum atomic E-state index is 12.0. The largest absolute Gasteiger partial charge is 0.347 e. The summed E-state index contributed by atoms with van der Waals surface area (Å²) in [6, 6.07) is 4.10. The highest BCUT2D eigenvalue weighted by Crippen LogP contribution is 2.28. The lowest BCUT2D eigenvalue weighted by Crippen LogP contribution is -2.52. The van der Waals surface area contributed by atoms with Crippen molar-refractivity contribution in [2.45, 2.75) is 44.2 Å². The van der Waals surface area contributed by atoms with Crippen molar-refractivity contribution in [2.75, 3.05) is 0 Å². The van der Waals surface area contributed by atoms with Crippen LogP contribution in [0, 0.1) is 0 Å². The molecule has 0 saturated heterocycles. The minimum absolute atomic E-state index is 0.00546. The molecule has 3 N–H and O–H groups in total. The molecule has 4 heteroatoms. The predicted octanol–water partition coefficient (Wildman–Crippen LogP) is 2.20. The van der Waals surface area contributed by atoms with Gasteiger partial charge in [0.1, 0.15) is 0 Å². The average molecular weight is 238 g/mol. The number of hydrogen-bond donors (Lipinski definition) is 2. The minimum Gasteiger partial charge on any atom is -0.347 e. The molecule has 0 unspecified atom stereocenters. The number of carbonyl (C=O) groups is 1. The molecule has 1 fully saturated rings. The third-order valence-electron chi connectivity index (χ3n) is 3.27. The van der Waals surface area contributed by atoms with Gasteiger partial charge in [-0.05, 0) is 31.2 Å². The normalized spacial score (nSPS) is 20.6. The Kier molecular flexibility index (Phi) is 3.30. The van der Waals surface area contributed by atoms with Gasteiger partial charge in [-0.1, -0.05) is 18.9 Å². The van der Waals surface area contributed by atoms with Crippen LogP contribution >= 0.6 is 11.3 Å². The molecular weight excluding hydrogens is 220 g/mol. The van der Waals surface area contributed by atoms with Crippen molar-refractivity contribution in [1.82, 2.24) is 5.32 Å². The Balaban J connectivity index is 1.97. The number of carbonyl (C=O) groups excluding carboxylic acids is 1. The Bertz CT molecular complexity index is 355. The fourth-order valence-electron chi connectivity index (χ4n) is 2.18. The molecule has 1 amide bonds. The Morgan fingerprint density at radius 1 is 1.56 bits per heavy atom. The van der Waals surface area contributed by atoms with Crippen LogP contribution in [0.3, 0.4) is 0 Å². The second-order valence-corrected chi connectivity index (χ2v) is 5.55. The van der Waals surface area contributed by atoms with Crippen molar-refractivity contribution in [3.8, 4) is 0 Å². The van der Waals surface area contributed by atoms with Gasteiger partial charge >= 0.3 is 0 Å². The number of hydrogen-bond acceptors (Lipinski definition) is 3. The zero-order valence-electron chi connectivity index (χ0n) is 9.53. The van der Waals surface area contributed by atoms with E-state index in [1.54, 1.807) is 11.3 Å². The molecule has 0 bridgehead atoms. The summed E-state index contributed by atoms with van der Waals surface area (Å²) >= 11 is 1.66. The first-order valence-electron chi connectivity index (χ1n) is 5.75. The topological polar surface area (TPSA) is 55.1 Å². The first-order chi connectivity index (χ1) is 7.62. The van der Waals surface area contributed by atoms with Crippen LogP contribution in [-0.2, 0) is 4.79 Å². The third-order valence-corrected chi connectivity index (χ3v) is 4.32. The fourth-order valence-corrected chi connectivity index (χ4v) is 2.92. The van der Waals surface area contributed by atoms with Crippen LogP contribution in [0.5, 0.6) is 0 Å². The standard InChI is InChI=1S/C12H18N2OS/c1-9(10-5-4-8-16-10)14-11(15)12(13)6-2-3-7-12/h4-5,8-9H,2-3,6-7,13H2,1H3,(H,14,15)/t9-/m1/s1. The maximum Gasteiger partial charge on any atom is 0.240 e. The molecule has 16 heavy (non-hydrogen) atoms. The van der Waals surface area contributed by atoms with Crippen molar-refractivity contribution in [3.05, 3.63) is 22.4 Å². The molecule has 3 nitrogen and oxygen atoms in total. The van der Waals surface area contributed by atoms with E-state index < -0.39 is 5.54 Å². The lowest BCUT2D eigenvalue weighted by molar-refractivity contribution is -0.126. The highest BCUT2D eigenvalue weighted by atomic mass is 32.1. The monoisotopic (exact) mass is 238 g/mol. The van der Waals surface area contributed by atoms with E-state index in [1.807, 2.05) is 24.4 Å². The molecule has 1 aliphatic rings. The summed E-state index contributed by atoms with van der Waals surface area (Å²) in [4.78, 5) is 13.2. The molecule has 0 spiro atoms. The molecular formula is C12H18N2OS. The van der Waals surface area contributed by atoms with E-state index in [0.29, 0.717) is 0 Å². The Morgan fingerprint density at radius 3 is 2.81 bits per heavy atom. The molecule has 1 aromatic heterocycles. The van der Waals surface area contributed by atoms with Gasteiger partial charge < -0.3 is 11.1 Å². The number of thiophene rings is 1. The predicted molar refractivity (Wildman–Crippen MR) is 66.3 cm³/mol. The van der Waals surface area contributed by atoms with E-state index in [9.17, 15) is 4.79 Å². The zero-order valence-corrected chi connectivity index (χ0v) is 10.3. The molecule has 0 radical (unpaired) electrons. The third kappa shape index (κ3) is 2.28. The zero-order chi connectivity index (χ0) is 11.6. The molecule has 88 valence electrons. The number of rotatable bonds is 3. The maximum absolute atomic E-state index is 12.0. The van der Waals surface area contributed by atoms with E-state index in [2.05, 4.69) is 5.32 Å². The summed E-state index contributed by atoms with van der Waals surface area (Å²) < 4.78 is 0. The molecule has 1 saturated carbocycles. The first-order valence-corrected chi connectivity index (χ1v) is 6.63. The molecule has 0 aromatic carbocycles. The molecule has 0 aliphatic heterocycles. The molecule has 1 aliphatic carbocycles. The Hall–Kier alpha value is -0.870. The van der Waals surface area contributed by atoms with Crippen LogP contribution in [0.2, 0.25) is 0 Å². The molecule has 1 atom stereocenters. The first kappa shape index (κ1) is 11.6. The van der Waals surface area contributed by atoms with Crippen LogP contribution in [0.4, 0.5) is 0 Å². The van der Waals surface area contributed by atoms with E-state index in [1.165, 1.54) is 4.88 Å². The van der Waals surface area contributed by atoms with E-state index in [-0.39, 0.29) is 11.9 Å². The highest BCUT2D eigenvalue weighted by Gasteiger charge is 2.37. The highest BCUT2D eigenvalue weighted by molar-refractivity contribution is 7.10. The van der Waals surface area contributed by atoms with Gasteiger partial charge in [-0.2, -0.15) is 0 Å². The summed E-state index contributed by atoms with van der Waals surface area (Å²) in [6.45, 7) is 2.00. The summed E-state index contributed by atoms with van der Waals surface area (Å²) in [6.07, 6.45) is 3.76. The van der Waals surface area contributed by atoms with Crippen LogP contribution in [0.15, 0.2) is 17.5 Å². The van der Waals surface area contributed by atoms with E-state index in [4.69, 9.17) is 5.73 Å². The van der Waals surface area contributed by atoms with Crippen LogP contribution in [0.1, 0.15) is 43.5 Å². The summed E-state index contributed by atoms with van der Waals surface area (Å²) in [5.41, 5.74) is 5.48. The van der Waals surface area contributed by atoms with Crippen molar-refractivity contribution >= 4 is 17.2 Å². The van der Waals surface area contributed by atoms with Gasteiger partial charge in [0, 0.05) is 4.88 Å². The van der Waals surface area contributed by atoms with Crippen molar-refractivity contribution < 1.29 is 4.79 Å². The molecule has 1 aromatic rings. The lowest BCUT2D eigenvalue weighted by Gasteiger charge is -2.24. The van der Waals surface area contributed by atoms with Crippen molar-refractivity contribution in [2.24, 2.45) is 5.73 Å². The Labute approximate surface area is 100 Å². The van der Waals surface area contributed by atoms with Gasteiger partial charge in [-0.3, -0.25) is 4.79 Å². The average Bonchev–Trinajstić information content (AvgIpc) is 2.88. The van der Waals surface area contributed by atoms with Gasteiger partial charge in [0.2, 0.25) is 5.91 Å². The van der Waals surface area contributed by atoms with E-state index in [0.717, 1.165) is 25.7 Å². The molecule has 1 heterocycles. The van der Waals surface area contributed by atoms with Gasteiger partial charge in [-0.15, -0.1) is 11.3 Å². The smallest absolute Gasteiger partial charge is 0.240 e. The van der Waals surface area contributed by atoms with Crippen LogP contribution < -0.4 is 11.1 Å². The summed E-state index contributed by atoms with van der Waals surface area (Å²) in [5, 5.41) is 5.03. The number of amides is 1. The summed E-state index contributed by atoms with van der Waals surface area (Å²) in [5.74, 6) is 0.00546. The lowest BCUT2D eigenvalue weighted by atomic mass is 9.97. The number of nitrogens with one attached hydrogen (secondary N) is 1. The minimum atomic E-state index is -0.620. The van der Waals surface area contributed by atoms with Crippen LogP contribution in [-0.4, -0.2) is 11.4 Å². The van der Waals surface area contributed by atoms with Gasteiger partial charge in [-0.25, -0.2) is 0 Å². The van der Waals surface area contributed by atoms with Crippen molar-refractivity contribution in [1.29, 1.82) is 0 Å². The van der Waals surface area contributed by atoms with Gasteiger partial charge in [0.15, 0.2) is 0 Å². The van der Waals surface area contributed by atoms with Crippen LogP contribution in [0.25, 0.3) is 0 Å². The Morgan fingerprint density at radius 2 is 2.25 bits per heavy atom.